The van der Waals surface area contributed by atoms with Gasteiger partial charge in [0, 0.05) is 22.3 Å². The quantitative estimate of drug-likeness (QED) is 0.512. The molecule has 0 spiro atoms. The molecule has 27 heavy (non-hydrogen) atoms. The summed E-state index contributed by atoms with van der Waals surface area (Å²) in [6, 6.07) is 18.9. The van der Waals surface area contributed by atoms with E-state index in [4.69, 9.17) is 16.6 Å². The second-order valence-corrected chi connectivity index (χ2v) is 6.96. The van der Waals surface area contributed by atoms with E-state index in [0.29, 0.717) is 22.1 Å². The van der Waals surface area contributed by atoms with Crippen LogP contribution < -0.4 is 5.32 Å². The van der Waals surface area contributed by atoms with Gasteiger partial charge in [-0.1, -0.05) is 47.5 Å². The fourth-order valence-corrected chi connectivity index (χ4v) is 3.14. The number of nitrogens with zero attached hydrogens (tertiary/aromatic N) is 2. The van der Waals surface area contributed by atoms with Gasteiger partial charge in [-0.3, -0.25) is 9.20 Å². The van der Waals surface area contributed by atoms with Crippen LogP contribution in [0.15, 0.2) is 66.9 Å². The lowest BCUT2D eigenvalue weighted by molar-refractivity contribution is 0.102. The highest BCUT2D eigenvalue weighted by Crippen LogP contribution is 2.31. The number of benzene rings is 2. The number of aromatic nitrogens is 2. The molecule has 0 aliphatic carbocycles. The summed E-state index contributed by atoms with van der Waals surface area (Å²) in [6.45, 7) is 3.99. The number of pyridine rings is 1. The molecule has 4 rings (SSSR count). The largest absolute Gasteiger partial charge is 0.306 e. The monoisotopic (exact) mass is 375 g/mol. The van der Waals surface area contributed by atoms with Gasteiger partial charge in [0.25, 0.3) is 5.91 Å². The van der Waals surface area contributed by atoms with Crippen molar-refractivity contribution < 1.29 is 4.79 Å². The van der Waals surface area contributed by atoms with Gasteiger partial charge in [-0.25, -0.2) is 4.98 Å². The summed E-state index contributed by atoms with van der Waals surface area (Å²) >= 11 is 6.02. The van der Waals surface area contributed by atoms with Crippen LogP contribution in [-0.2, 0) is 0 Å². The van der Waals surface area contributed by atoms with Crippen LogP contribution in [-0.4, -0.2) is 15.3 Å². The standard InChI is InChI=1S/C22H18ClN3O/c1-14-5-7-17(8-6-14)22(27)25-21-19(16-9-11-18(23)12-10-16)24-20-15(2)4-3-13-26(20)21/h3-13H,1-2H3,(H,25,27). The van der Waals surface area contributed by atoms with E-state index in [1.165, 1.54) is 0 Å². The minimum absolute atomic E-state index is 0.173. The van der Waals surface area contributed by atoms with Crippen LogP contribution in [0.2, 0.25) is 5.02 Å². The van der Waals surface area contributed by atoms with E-state index >= 15 is 0 Å². The zero-order chi connectivity index (χ0) is 19.0. The molecule has 2 aromatic heterocycles. The maximum Gasteiger partial charge on any atom is 0.256 e. The van der Waals surface area contributed by atoms with Gasteiger partial charge in [-0.05, 0) is 49.7 Å². The minimum Gasteiger partial charge on any atom is -0.306 e. The van der Waals surface area contributed by atoms with Crippen molar-refractivity contribution in [2.24, 2.45) is 0 Å². The molecular formula is C22H18ClN3O. The summed E-state index contributed by atoms with van der Waals surface area (Å²) < 4.78 is 1.91. The SMILES string of the molecule is Cc1ccc(C(=O)Nc2c(-c3ccc(Cl)cc3)nc3c(C)cccn23)cc1. The molecular weight excluding hydrogens is 358 g/mol. The number of nitrogens with one attached hydrogen (secondary N) is 1. The lowest BCUT2D eigenvalue weighted by atomic mass is 10.1. The number of fused-ring (bicyclic) bond motifs is 1. The summed E-state index contributed by atoms with van der Waals surface area (Å²) in [6.07, 6.45) is 1.90. The number of rotatable bonds is 3. The van der Waals surface area contributed by atoms with Crippen LogP contribution in [0.3, 0.4) is 0 Å². The van der Waals surface area contributed by atoms with Crippen molar-refractivity contribution in [2.45, 2.75) is 13.8 Å². The molecule has 0 unspecified atom stereocenters. The van der Waals surface area contributed by atoms with Crippen LogP contribution in [0.4, 0.5) is 5.82 Å². The van der Waals surface area contributed by atoms with Crippen LogP contribution in [0.25, 0.3) is 16.9 Å². The Bertz CT molecular complexity index is 1130. The third kappa shape index (κ3) is 3.32. The molecule has 1 N–H and O–H groups in total. The Morgan fingerprint density at radius 3 is 2.41 bits per heavy atom. The van der Waals surface area contributed by atoms with Crippen molar-refractivity contribution >= 4 is 29.0 Å². The first-order chi connectivity index (χ1) is 13.0. The topological polar surface area (TPSA) is 46.4 Å². The molecule has 5 heteroatoms. The van der Waals surface area contributed by atoms with E-state index in [-0.39, 0.29) is 5.91 Å². The second-order valence-electron chi connectivity index (χ2n) is 6.52. The highest BCUT2D eigenvalue weighted by molar-refractivity contribution is 6.30. The lowest BCUT2D eigenvalue weighted by Gasteiger charge is -2.08. The van der Waals surface area contributed by atoms with Gasteiger partial charge in [-0.2, -0.15) is 0 Å². The van der Waals surface area contributed by atoms with Gasteiger partial charge in [0.15, 0.2) is 0 Å². The molecule has 0 aliphatic heterocycles. The predicted molar refractivity (Wildman–Crippen MR) is 110 cm³/mol. The van der Waals surface area contributed by atoms with Gasteiger partial charge in [0.2, 0.25) is 0 Å². The minimum atomic E-state index is -0.173. The number of halogens is 1. The number of hydrogen-bond donors (Lipinski definition) is 1. The molecule has 0 fully saturated rings. The summed E-state index contributed by atoms with van der Waals surface area (Å²) in [5.74, 6) is 0.468. The van der Waals surface area contributed by atoms with Gasteiger partial charge < -0.3 is 5.32 Å². The molecule has 0 saturated heterocycles. The number of hydrogen-bond acceptors (Lipinski definition) is 2. The Morgan fingerprint density at radius 1 is 1.00 bits per heavy atom. The second kappa shape index (κ2) is 6.89. The van der Waals surface area contributed by atoms with E-state index in [1.807, 2.05) is 85.1 Å². The summed E-state index contributed by atoms with van der Waals surface area (Å²) in [7, 11) is 0. The Kier molecular flexibility index (Phi) is 4.42. The Labute approximate surface area is 162 Å². The lowest BCUT2D eigenvalue weighted by Crippen LogP contribution is -2.14. The van der Waals surface area contributed by atoms with E-state index in [0.717, 1.165) is 22.3 Å². The van der Waals surface area contributed by atoms with E-state index in [1.54, 1.807) is 0 Å². The van der Waals surface area contributed by atoms with E-state index in [9.17, 15) is 4.79 Å². The molecule has 4 nitrogen and oxygen atoms in total. The predicted octanol–water partition coefficient (Wildman–Crippen LogP) is 5.52. The van der Waals surface area contributed by atoms with Crippen molar-refractivity contribution in [1.82, 2.24) is 9.38 Å². The van der Waals surface area contributed by atoms with Gasteiger partial charge in [0.05, 0.1) is 0 Å². The Balaban J connectivity index is 1.83. The third-order valence-electron chi connectivity index (χ3n) is 4.51. The molecule has 134 valence electrons. The molecule has 0 bridgehead atoms. The maximum absolute atomic E-state index is 12.8. The molecule has 2 aromatic carbocycles. The highest BCUT2D eigenvalue weighted by atomic mass is 35.5. The van der Waals surface area contributed by atoms with Crippen molar-refractivity contribution in [3.8, 4) is 11.3 Å². The first kappa shape index (κ1) is 17.3. The van der Waals surface area contributed by atoms with Crippen molar-refractivity contribution in [1.29, 1.82) is 0 Å². The summed E-state index contributed by atoms with van der Waals surface area (Å²) in [5, 5.41) is 3.69. The molecule has 1 amide bonds. The zero-order valence-corrected chi connectivity index (χ0v) is 15.8. The third-order valence-corrected chi connectivity index (χ3v) is 4.76. The molecule has 0 radical (unpaired) electrons. The molecule has 0 saturated carbocycles. The first-order valence-corrected chi connectivity index (χ1v) is 9.02. The Morgan fingerprint density at radius 2 is 1.70 bits per heavy atom. The summed E-state index contributed by atoms with van der Waals surface area (Å²) in [5.41, 5.74) is 5.15. The van der Waals surface area contributed by atoms with Crippen LogP contribution in [0.1, 0.15) is 21.5 Å². The number of aryl methyl sites for hydroxylation is 2. The normalized spacial score (nSPS) is 10.9. The van der Waals surface area contributed by atoms with Gasteiger partial charge >= 0.3 is 0 Å². The zero-order valence-electron chi connectivity index (χ0n) is 15.0. The average molecular weight is 376 g/mol. The number of amides is 1. The number of imidazole rings is 1. The van der Waals surface area contributed by atoms with Crippen LogP contribution in [0, 0.1) is 13.8 Å². The fraction of sp³-hybridized carbons (Fsp3) is 0.0909. The summed E-state index contributed by atoms with van der Waals surface area (Å²) in [4.78, 5) is 17.6. The van der Waals surface area contributed by atoms with Crippen LogP contribution >= 0.6 is 11.6 Å². The maximum atomic E-state index is 12.8. The van der Waals surface area contributed by atoms with Crippen molar-refractivity contribution in [3.63, 3.8) is 0 Å². The fourth-order valence-electron chi connectivity index (χ4n) is 3.02. The van der Waals surface area contributed by atoms with Crippen LogP contribution in [0.5, 0.6) is 0 Å². The molecule has 0 aliphatic rings. The van der Waals surface area contributed by atoms with Crippen molar-refractivity contribution in [3.05, 3.63) is 88.6 Å². The number of carbonyl (C=O) groups excluding carboxylic acids is 1. The van der Waals surface area contributed by atoms with Gasteiger partial charge in [0.1, 0.15) is 17.2 Å². The average Bonchev–Trinajstić information content (AvgIpc) is 3.03. The van der Waals surface area contributed by atoms with E-state index in [2.05, 4.69) is 5.32 Å². The number of carbonyl (C=O) groups is 1. The first-order valence-electron chi connectivity index (χ1n) is 8.64. The molecule has 4 aromatic rings. The number of anilines is 1. The molecule has 2 heterocycles. The highest BCUT2D eigenvalue weighted by Gasteiger charge is 2.18. The van der Waals surface area contributed by atoms with Gasteiger partial charge in [-0.15, -0.1) is 0 Å². The Hall–Kier alpha value is -3.11. The smallest absolute Gasteiger partial charge is 0.256 e. The van der Waals surface area contributed by atoms with Crippen molar-refractivity contribution in [2.75, 3.05) is 5.32 Å². The molecule has 0 atom stereocenters. The van der Waals surface area contributed by atoms with E-state index < -0.39 is 0 Å².